The molecule has 2 rings (SSSR count). The van der Waals surface area contributed by atoms with Crippen LogP contribution < -0.4 is 5.32 Å². The van der Waals surface area contributed by atoms with Crippen molar-refractivity contribution in [2.24, 2.45) is 0 Å². The number of nitrogens with one attached hydrogen (secondary N) is 1. The Morgan fingerprint density at radius 1 is 1.06 bits per heavy atom. The van der Waals surface area contributed by atoms with Gasteiger partial charge in [0, 0.05) is 11.8 Å². The summed E-state index contributed by atoms with van der Waals surface area (Å²) in [4.78, 5) is 28.4. The highest BCUT2D eigenvalue weighted by Crippen LogP contribution is 2.36. The monoisotopic (exact) mass is 498 g/mol. The summed E-state index contributed by atoms with van der Waals surface area (Å²) >= 11 is 0. The van der Waals surface area contributed by atoms with Crippen LogP contribution in [0.2, 0.25) is 0 Å². The van der Waals surface area contributed by atoms with E-state index in [1.54, 1.807) is 0 Å². The van der Waals surface area contributed by atoms with Crippen LogP contribution in [0.15, 0.2) is 78.5 Å². The van der Waals surface area contributed by atoms with Crippen LogP contribution in [0.5, 0.6) is 0 Å². The standard InChI is InChI=1S/C24H20F6N2O3/c1-4-17(23(25,26)27)11-10-14(2)19(20-18(24(28,29)30)9-6-12-31-20)32-21(33)15-7-5-8-16(13-15)22(34)35-3/h4-13,19H,2H2,1,3H3,(H,32,33)/b11-10-,17-4+/t19-/m0/s1. The first-order chi connectivity index (χ1) is 16.3. The molecule has 0 bridgehead atoms. The molecule has 1 N–H and O–H groups in total. The number of allylic oxidation sites excluding steroid dienone is 3. The highest BCUT2D eigenvalue weighted by atomic mass is 19.4. The number of benzene rings is 1. The van der Waals surface area contributed by atoms with Crippen molar-refractivity contribution in [1.82, 2.24) is 10.3 Å². The molecular formula is C24H20F6N2O3. The molecule has 0 aliphatic rings. The van der Waals surface area contributed by atoms with Gasteiger partial charge in [0.2, 0.25) is 0 Å². The summed E-state index contributed by atoms with van der Waals surface area (Å²) < 4.78 is 84.6. The van der Waals surface area contributed by atoms with Gasteiger partial charge in [-0.1, -0.05) is 30.9 Å². The maximum atomic E-state index is 13.6. The minimum atomic E-state index is -4.87. The molecule has 1 aromatic carbocycles. The molecule has 1 atom stereocenters. The highest BCUT2D eigenvalue weighted by Gasteiger charge is 2.37. The number of esters is 1. The van der Waals surface area contributed by atoms with E-state index < -0.39 is 47.1 Å². The summed E-state index contributed by atoms with van der Waals surface area (Å²) in [6, 6.07) is 5.27. The molecule has 1 aromatic heterocycles. The summed E-state index contributed by atoms with van der Waals surface area (Å²) in [7, 11) is 1.13. The molecule has 0 aliphatic carbocycles. The van der Waals surface area contributed by atoms with Crippen LogP contribution in [-0.2, 0) is 10.9 Å². The summed E-state index contributed by atoms with van der Waals surface area (Å²) in [6.07, 6.45) is -6.27. The van der Waals surface area contributed by atoms with Gasteiger partial charge in [-0.25, -0.2) is 4.79 Å². The lowest BCUT2D eigenvalue weighted by Gasteiger charge is -2.23. The normalized spacial score (nSPS) is 13.4. The fraction of sp³-hybridized carbons (Fsp3) is 0.208. The minimum absolute atomic E-state index is 0.00661. The zero-order chi connectivity index (χ0) is 26.4. The number of aromatic nitrogens is 1. The minimum Gasteiger partial charge on any atom is -0.465 e. The number of amides is 1. The van der Waals surface area contributed by atoms with Crippen LogP contribution in [0, 0.1) is 0 Å². The first-order valence-electron chi connectivity index (χ1n) is 9.91. The number of ether oxygens (including phenoxy) is 1. The zero-order valence-electron chi connectivity index (χ0n) is 18.5. The van der Waals surface area contributed by atoms with E-state index in [2.05, 4.69) is 21.6 Å². The summed E-state index contributed by atoms with van der Waals surface area (Å²) in [5.41, 5.74) is -3.33. The molecule has 11 heteroatoms. The molecule has 0 fully saturated rings. The zero-order valence-corrected chi connectivity index (χ0v) is 18.5. The Morgan fingerprint density at radius 2 is 1.71 bits per heavy atom. The SMILES string of the molecule is C=C(/C=C\C(=C/C)C(F)(F)F)[C@H](NC(=O)c1cccc(C(=O)OC)c1)c1ncccc1C(F)(F)F. The molecule has 0 radical (unpaired) electrons. The molecule has 0 unspecified atom stereocenters. The van der Waals surface area contributed by atoms with Crippen molar-refractivity contribution in [1.29, 1.82) is 0 Å². The van der Waals surface area contributed by atoms with Crippen molar-refractivity contribution in [2.45, 2.75) is 25.3 Å². The predicted molar refractivity (Wildman–Crippen MR) is 115 cm³/mol. The van der Waals surface area contributed by atoms with E-state index in [1.165, 1.54) is 18.2 Å². The van der Waals surface area contributed by atoms with Gasteiger partial charge in [-0.2, -0.15) is 26.3 Å². The fourth-order valence-electron chi connectivity index (χ4n) is 2.99. The average molecular weight is 498 g/mol. The lowest BCUT2D eigenvalue weighted by atomic mass is 9.98. The number of alkyl halides is 6. The van der Waals surface area contributed by atoms with Crippen LogP contribution in [-0.4, -0.2) is 30.1 Å². The van der Waals surface area contributed by atoms with Crippen molar-refractivity contribution in [3.05, 3.63) is 101 Å². The van der Waals surface area contributed by atoms with Gasteiger partial charge >= 0.3 is 18.3 Å². The van der Waals surface area contributed by atoms with Gasteiger partial charge in [-0.3, -0.25) is 9.78 Å². The van der Waals surface area contributed by atoms with Crippen LogP contribution in [0.25, 0.3) is 0 Å². The Balaban J connectivity index is 2.53. The Kier molecular flexibility index (Phi) is 8.62. The summed E-state index contributed by atoms with van der Waals surface area (Å²) in [5.74, 6) is -1.67. The van der Waals surface area contributed by atoms with Gasteiger partial charge in [0.25, 0.3) is 5.91 Å². The third-order valence-corrected chi connectivity index (χ3v) is 4.72. The largest absolute Gasteiger partial charge is 0.465 e. The van der Waals surface area contributed by atoms with Crippen LogP contribution in [0.3, 0.4) is 0 Å². The molecule has 5 nitrogen and oxygen atoms in total. The number of carbonyl (C=O) groups excluding carboxylic acids is 2. The van der Waals surface area contributed by atoms with E-state index in [1.807, 2.05) is 0 Å². The van der Waals surface area contributed by atoms with Crippen molar-refractivity contribution in [3.63, 3.8) is 0 Å². The number of methoxy groups -OCH3 is 1. The van der Waals surface area contributed by atoms with Crippen LogP contribution >= 0.6 is 0 Å². The maximum Gasteiger partial charge on any atom is 0.418 e. The molecule has 0 spiro atoms. The Morgan fingerprint density at radius 3 is 2.29 bits per heavy atom. The number of rotatable bonds is 7. The highest BCUT2D eigenvalue weighted by molar-refractivity contribution is 5.98. The van der Waals surface area contributed by atoms with Gasteiger partial charge in [0.15, 0.2) is 0 Å². The van der Waals surface area contributed by atoms with Crippen molar-refractivity contribution in [3.8, 4) is 0 Å². The number of carbonyl (C=O) groups is 2. The van der Waals surface area contributed by atoms with E-state index in [9.17, 15) is 35.9 Å². The van der Waals surface area contributed by atoms with Gasteiger partial charge in [0.05, 0.1) is 35.5 Å². The van der Waals surface area contributed by atoms with Crippen LogP contribution in [0.4, 0.5) is 26.3 Å². The molecule has 1 amide bonds. The molecule has 0 aliphatic heterocycles. The van der Waals surface area contributed by atoms with Gasteiger partial charge in [0.1, 0.15) is 0 Å². The second-order valence-corrected chi connectivity index (χ2v) is 7.06. The first kappa shape index (κ1) is 27.4. The topological polar surface area (TPSA) is 68.3 Å². The predicted octanol–water partition coefficient (Wildman–Crippen LogP) is 5.98. The summed E-state index contributed by atoms with van der Waals surface area (Å²) in [5, 5.41) is 2.32. The first-order valence-corrected chi connectivity index (χ1v) is 9.91. The average Bonchev–Trinajstić information content (AvgIpc) is 2.80. The third kappa shape index (κ3) is 7.05. The van der Waals surface area contributed by atoms with E-state index in [0.29, 0.717) is 6.08 Å². The number of hydrogen-bond acceptors (Lipinski definition) is 4. The van der Waals surface area contributed by atoms with Crippen molar-refractivity contribution < 1.29 is 40.7 Å². The smallest absolute Gasteiger partial charge is 0.418 e. The second kappa shape index (κ2) is 11.0. The fourth-order valence-corrected chi connectivity index (χ4v) is 2.99. The van der Waals surface area contributed by atoms with E-state index in [4.69, 9.17) is 0 Å². The van der Waals surface area contributed by atoms with Gasteiger partial charge in [-0.15, -0.1) is 0 Å². The quantitative estimate of drug-likeness (QED) is 0.290. The van der Waals surface area contributed by atoms with E-state index >= 15 is 0 Å². The second-order valence-electron chi connectivity index (χ2n) is 7.06. The maximum absolute atomic E-state index is 13.6. The lowest BCUT2D eigenvalue weighted by molar-refractivity contribution is -0.138. The molecule has 0 saturated carbocycles. The Bertz CT molecular complexity index is 1170. The number of nitrogens with zero attached hydrogens (tertiary/aromatic N) is 1. The third-order valence-electron chi connectivity index (χ3n) is 4.72. The van der Waals surface area contributed by atoms with E-state index in [0.717, 1.165) is 50.6 Å². The molecule has 186 valence electrons. The summed E-state index contributed by atoms with van der Waals surface area (Å²) in [6.45, 7) is 4.71. The molecule has 35 heavy (non-hydrogen) atoms. The van der Waals surface area contributed by atoms with E-state index in [-0.39, 0.29) is 16.7 Å². The Labute approximate surface area is 196 Å². The van der Waals surface area contributed by atoms with Gasteiger partial charge in [-0.05, 0) is 42.8 Å². The Hall–Kier alpha value is -3.89. The number of halogens is 6. The molecule has 0 saturated heterocycles. The van der Waals surface area contributed by atoms with Crippen molar-refractivity contribution >= 4 is 11.9 Å². The van der Waals surface area contributed by atoms with Gasteiger partial charge < -0.3 is 10.1 Å². The van der Waals surface area contributed by atoms with Crippen molar-refractivity contribution in [2.75, 3.05) is 7.11 Å². The lowest BCUT2D eigenvalue weighted by Crippen LogP contribution is -2.32. The van der Waals surface area contributed by atoms with Crippen LogP contribution in [0.1, 0.15) is 44.9 Å². The molecule has 1 heterocycles. The number of pyridine rings is 1. The molecule has 2 aromatic rings. The molecular weight excluding hydrogens is 478 g/mol. The number of hydrogen-bond donors (Lipinski definition) is 1.